The Labute approximate surface area is 81.4 Å². The van der Waals surface area contributed by atoms with Crippen LogP contribution in [0.1, 0.15) is 18.1 Å². The molecule has 0 bridgehead atoms. The lowest BCUT2D eigenvalue weighted by atomic mass is 9.93. The first kappa shape index (κ1) is 11.1. The summed E-state index contributed by atoms with van der Waals surface area (Å²) in [5.74, 6) is -1.51. The van der Waals surface area contributed by atoms with Crippen molar-refractivity contribution in [1.82, 2.24) is 0 Å². The second kappa shape index (κ2) is 3.63. The van der Waals surface area contributed by atoms with Crippen LogP contribution < -0.4 is 5.73 Å². The lowest BCUT2D eigenvalue weighted by Gasteiger charge is -2.23. The number of hydrogen-bond donors (Lipinski definition) is 2. The molecule has 2 nitrogen and oxygen atoms in total. The number of aryl methyl sites for hydroxylation is 1. The molecular weight excluding hydrogens is 188 g/mol. The Balaban J connectivity index is 3.40. The minimum absolute atomic E-state index is 0.232. The summed E-state index contributed by atoms with van der Waals surface area (Å²) in [4.78, 5) is 0. The average molecular weight is 201 g/mol. The Morgan fingerprint density at radius 1 is 1.43 bits per heavy atom. The molecule has 3 N–H and O–H groups in total. The highest BCUT2D eigenvalue weighted by Crippen LogP contribution is 2.27. The predicted molar refractivity (Wildman–Crippen MR) is 49.7 cm³/mol. The van der Waals surface area contributed by atoms with Gasteiger partial charge in [-0.25, -0.2) is 8.78 Å². The minimum Gasteiger partial charge on any atom is -0.384 e. The van der Waals surface area contributed by atoms with Gasteiger partial charge in [-0.3, -0.25) is 0 Å². The van der Waals surface area contributed by atoms with Gasteiger partial charge >= 0.3 is 0 Å². The third-order valence-corrected chi connectivity index (χ3v) is 2.22. The largest absolute Gasteiger partial charge is 0.384 e. The van der Waals surface area contributed by atoms with E-state index in [2.05, 4.69) is 0 Å². The van der Waals surface area contributed by atoms with Crippen LogP contribution in [0.3, 0.4) is 0 Å². The first-order chi connectivity index (χ1) is 6.40. The van der Waals surface area contributed by atoms with Crippen molar-refractivity contribution in [3.63, 3.8) is 0 Å². The SMILES string of the molecule is Cc1ccc(F)c(C(C)(O)CN)c1F. The summed E-state index contributed by atoms with van der Waals surface area (Å²) < 4.78 is 26.7. The van der Waals surface area contributed by atoms with Crippen LogP contribution >= 0.6 is 0 Å². The van der Waals surface area contributed by atoms with Crippen LogP contribution in [0.15, 0.2) is 12.1 Å². The average Bonchev–Trinajstić information content (AvgIpc) is 2.12. The van der Waals surface area contributed by atoms with E-state index in [4.69, 9.17) is 5.73 Å². The van der Waals surface area contributed by atoms with Gasteiger partial charge in [0.05, 0.1) is 5.56 Å². The molecule has 14 heavy (non-hydrogen) atoms. The molecule has 0 aliphatic rings. The second-order valence-corrected chi connectivity index (χ2v) is 3.53. The van der Waals surface area contributed by atoms with E-state index in [1.165, 1.54) is 19.9 Å². The summed E-state index contributed by atoms with van der Waals surface area (Å²) in [5, 5.41) is 9.68. The summed E-state index contributed by atoms with van der Waals surface area (Å²) in [7, 11) is 0. The molecule has 0 saturated carbocycles. The van der Waals surface area contributed by atoms with Gasteiger partial charge < -0.3 is 10.8 Å². The van der Waals surface area contributed by atoms with E-state index < -0.39 is 17.2 Å². The van der Waals surface area contributed by atoms with Crippen LogP contribution in [0.25, 0.3) is 0 Å². The zero-order valence-electron chi connectivity index (χ0n) is 8.14. The van der Waals surface area contributed by atoms with Crippen molar-refractivity contribution in [2.75, 3.05) is 6.54 Å². The molecule has 0 fully saturated rings. The highest BCUT2D eigenvalue weighted by atomic mass is 19.1. The monoisotopic (exact) mass is 201 g/mol. The maximum absolute atomic E-state index is 13.5. The Morgan fingerprint density at radius 3 is 2.50 bits per heavy atom. The summed E-state index contributed by atoms with van der Waals surface area (Å²) in [6.45, 7) is 2.56. The van der Waals surface area contributed by atoms with Crippen molar-refractivity contribution in [2.45, 2.75) is 19.4 Å². The Morgan fingerprint density at radius 2 is 2.00 bits per heavy atom. The first-order valence-electron chi connectivity index (χ1n) is 4.27. The van der Waals surface area contributed by atoms with Gasteiger partial charge in [0.25, 0.3) is 0 Å². The van der Waals surface area contributed by atoms with Gasteiger partial charge in [0, 0.05) is 6.54 Å². The Bertz CT molecular complexity index is 350. The number of nitrogens with two attached hydrogens (primary N) is 1. The molecule has 0 amide bonds. The van der Waals surface area contributed by atoms with Crippen molar-refractivity contribution in [1.29, 1.82) is 0 Å². The molecule has 0 aliphatic carbocycles. The van der Waals surface area contributed by atoms with Gasteiger partial charge in [0.1, 0.15) is 17.2 Å². The molecule has 1 unspecified atom stereocenters. The summed E-state index contributed by atoms with van der Waals surface area (Å²) in [6.07, 6.45) is 0. The lowest BCUT2D eigenvalue weighted by molar-refractivity contribution is 0.0586. The smallest absolute Gasteiger partial charge is 0.135 e. The van der Waals surface area contributed by atoms with E-state index in [9.17, 15) is 13.9 Å². The van der Waals surface area contributed by atoms with E-state index in [-0.39, 0.29) is 17.7 Å². The van der Waals surface area contributed by atoms with Crippen molar-refractivity contribution in [3.05, 3.63) is 34.9 Å². The minimum atomic E-state index is -1.67. The van der Waals surface area contributed by atoms with Crippen molar-refractivity contribution in [3.8, 4) is 0 Å². The van der Waals surface area contributed by atoms with Crippen LogP contribution in [-0.2, 0) is 5.60 Å². The molecule has 4 heteroatoms. The van der Waals surface area contributed by atoms with Gasteiger partial charge in [-0.1, -0.05) is 6.07 Å². The third-order valence-electron chi connectivity index (χ3n) is 2.22. The van der Waals surface area contributed by atoms with Gasteiger partial charge in [0.2, 0.25) is 0 Å². The normalized spacial score (nSPS) is 15.3. The molecule has 1 aromatic rings. The van der Waals surface area contributed by atoms with E-state index >= 15 is 0 Å². The van der Waals surface area contributed by atoms with Crippen LogP contribution in [0.5, 0.6) is 0 Å². The lowest BCUT2D eigenvalue weighted by Crippen LogP contribution is -2.33. The van der Waals surface area contributed by atoms with E-state index in [0.29, 0.717) is 0 Å². The van der Waals surface area contributed by atoms with Crippen LogP contribution in [-0.4, -0.2) is 11.7 Å². The first-order valence-corrected chi connectivity index (χ1v) is 4.27. The highest BCUT2D eigenvalue weighted by Gasteiger charge is 2.29. The zero-order valence-corrected chi connectivity index (χ0v) is 8.14. The maximum atomic E-state index is 13.5. The highest BCUT2D eigenvalue weighted by molar-refractivity contribution is 5.31. The quantitative estimate of drug-likeness (QED) is 0.760. The molecule has 0 heterocycles. The number of aliphatic hydroxyl groups is 1. The predicted octanol–water partition coefficient (Wildman–Crippen LogP) is 1.44. The fourth-order valence-electron chi connectivity index (χ4n) is 1.25. The zero-order chi connectivity index (χ0) is 10.9. The fourth-order valence-corrected chi connectivity index (χ4v) is 1.25. The molecule has 0 spiro atoms. The van der Waals surface area contributed by atoms with Crippen LogP contribution in [0, 0.1) is 18.6 Å². The molecule has 1 atom stereocenters. The fraction of sp³-hybridized carbons (Fsp3) is 0.400. The number of halogens is 2. The molecule has 1 rings (SSSR count). The van der Waals surface area contributed by atoms with Crippen molar-refractivity contribution < 1.29 is 13.9 Å². The summed E-state index contributed by atoms with van der Waals surface area (Å²) in [6, 6.07) is 2.44. The van der Waals surface area contributed by atoms with Crippen LogP contribution in [0.4, 0.5) is 8.78 Å². The topological polar surface area (TPSA) is 46.2 Å². The molecule has 0 aromatic heterocycles. The standard InChI is InChI=1S/C10H13F2NO/c1-6-3-4-7(11)8(9(6)12)10(2,14)5-13/h3-4,14H,5,13H2,1-2H3. The van der Waals surface area contributed by atoms with Crippen molar-refractivity contribution >= 4 is 0 Å². The van der Waals surface area contributed by atoms with Crippen molar-refractivity contribution in [2.24, 2.45) is 5.73 Å². The van der Waals surface area contributed by atoms with Gasteiger partial charge in [-0.15, -0.1) is 0 Å². The molecule has 0 aliphatic heterocycles. The molecule has 0 saturated heterocycles. The Kier molecular flexibility index (Phi) is 2.87. The van der Waals surface area contributed by atoms with Crippen LogP contribution in [0.2, 0.25) is 0 Å². The maximum Gasteiger partial charge on any atom is 0.135 e. The molecular formula is C10H13F2NO. The third kappa shape index (κ3) is 1.76. The second-order valence-electron chi connectivity index (χ2n) is 3.53. The molecule has 78 valence electrons. The number of benzene rings is 1. The summed E-state index contributed by atoms with van der Waals surface area (Å²) in [5.41, 5.74) is 3.50. The number of rotatable bonds is 2. The Hall–Kier alpha value is -1.00. The van der Waals surface area contributed by atoms with Gasteiger partial charge in [-0.05, 0) is 25.5 Å². The van der Waals surface area contributed by atoms with E-state index in [1.807, 2.05) is 0 Å². The van der Waals surface area contributed by atoms with E-state index in [1.54, 1.807) is 0 Å². The molecule has 0 radical (unpaired) electrons. The summed E-state index contributed by atoms with van der Waals surface area (Å²) >= 11 is 0. The van der Waals surface area contributed by atoms with E-state index in [0.717, 1.165) is 6.07 Å². The van der Waals surface area contributed by atoms with Gasteiger partial charge in [0.15, 0.2) is 0 Å². The number of hydrogen-bond acceptors (Lipinski definition) is 2. The molecule has 1 aromatic carbocycles. The van der Waals surface area contributed by atoms with Gasteiger partial charge in [-0.2, -0.15) is 0 Å².